The molecule has 1 aliphatic carbocycles. The minimum atomic E-state index is -0.403. The Morgan fingerprint density at radius 1 is 0.943 bits per heavy atom. The second-order valence-electron chi connectivity index (χ2n) is 9.23. The SMILES string of the molecule is CC1=C(c2nc(-c3cccc(C)c3)no2)C(c2ccccc2)NC(=O)N1c1ccc2c(c1)CCC2. The van der Waals surface area contributed by atoms with Gasteiger partial charge in [-0.25, -0.2) is 4.79 Å². The Hall–Kier alpha value is -4.19. The number of hydrogen-bond donors (Lipinski definition) is 1. The van der Waals surface area contributed by atoms with Gasteiger partial charge in [-0.2, -0.15) is 4.98 Å². The third-order valence-corrected chi connectivity index (χ3v) is 6.89. The molecule has 1 aromatic heterocycles. The lowest BCUT2D eigenvalue weighted by Crippen LogP contribution is -2.46. The van der Waals surface area contributed by atoms with Gasteiger partial charge in [0.05, 0.1) is 17.3 Å². The van der Waals surface area contributed by atoms with Gasteiger partial charge in [0.2, 0.25) is 5.82 Å². The summed E-state index contributed by atoms with van der Waals surface area (Å²) in [5.41, 5.74) is 8.08. The number of carbonyl (C=O) groups is 1. The Kier molecular flexibility index (Phi) is 5.21. The molecule has 6 heteroatoms. The van der Waals surface area contributed by atoms with Gasteiger partial charge in [0.15, 0.2) is 0 Å². The summed E-state index contributed by atoms with van der Waals surface area (Å²) >= 11 is 0. The fourth-order valence-electron chi connectivity index (χ4n) is 5.16. The van der Waals surface area contributed by atoms with Gasteiger partial charge in [-0.3, -0.25) is 4.90 Å². The van der Waals surface area contributed by atoms with Crippen LogP contribution in [0.4, 0.5) is 10.5 Å². The molecule has 1 unspecified atom stereocenters. The summed E-state index contributed by atoms with van der Waals surface area (Å²) < 4.78 is 5.82. The first-order valence-electron chi connectivity index (χ1n) is 12.0. The van der Waals surface area contributed by atoms with Crippen LogP contribution < -0.4 is 10.2 Å². The Morgan fingerprint density at radius 3 is 2.60 bits per heavy atom. The van der Waals surface area contributed by atoms with E-state index >= 15 is 0 Å². The molecular formula is C29H26N4O2. The maximum atomic E-state index is 13.4. The van der Waals surface area contributed by atoms with Crippen molar-refractivity contribution in [1.29, 1.82) is 0 Å². The van der Waals surface area contributed by atoms with Crippen molar-refractivity contribution in [1.82, 2.24) is 15.5 Å². The number of anilines is 1. The highest BCUT2D eigenvalue weighted by molar-refractivity contribution is 6.01. The minimum Gasteiger partial charge on any atom is -0.334 e. The molecule has 6 nitrogen and oxygen atoms in total. The highest BCUT2D eigenvalue weighted by Gasteiger charge is 2.36. The molecule has 2 heterocycles. The van der Waals surface area contributed by atoms with Crippen LogP contribution in [-0.4, -0.2) is 16.2 Å². The minimum absolute atomic E-state index is 0.170. The highest BCUT2D eigenvalue weighted by atomic mass is 16.5. The van der Waals surface area contributed by atoms with Crippen LogP contribution in [-0.2, 0) is 12.8 Å². The average molecular weight is 463 g/mol. The summed E-state index contributed by atoms with van der Waals surface area (Å²) in [4.78, 5) is 19.9. The molecule has 0 fully saturated rings. The molecule has 0 spiro atoms. The van der Waals surface area contributed by atoms with Gasteiger partial charge >= 0.3 is 6.03 Å². The molecule has 6 rings (SSSR count). The Morgan fingerprint density at radius 2 is 1.77 bits per heavy atom. The van der Waals surface area contributed by atoms with Gasteiger partial charge in [-0.15, -0.1) is 0 Å². The summed E-state index contributed by atoms with van der Waals surface area (Å²) in [6, 6.07) is 23.6. The van der Waals surface area contributed by atoms with E-state index in [-0.39, 0.29) is 6.03 Å². The summed E-state index contributed by atoms with van der Waals surface area (Å²) in [6.07, 6.45) is 3.30. The number of nitrogens with zero attached hydrogens (tertiary/aromatic N) is 3. The lowest BCUT2D eigenvalue weighted by Gasteiger charge is -2.35. The van der Waals surface area contributed by atoms with Crippen molar-refractivity contribution in [2.45, 2.75) is 39.2 Å². The topological polar surface area (TPSA) is 71.3 Å². The molecule has 0 saturated carbocycles. The van der Waals surface area contributed by atoms with Crippen molar-refractivity contribution in [3.05, 3.63) is 107 Å². The van der Waals surface area contributed by atoms with E-state index in [0.717, 1.165) is 52.9 Å². The lowest BCUT2D eigenvalue weighted by molar-refractivity contribution is 0.244. The van der Waals surface area contributed by atoms with Crippen LogP contribution in [0.25, 0.3) is 17.0 Å². The normalized spacial score (nSPS) is 17.5. The van der Waals surface area contributed by atoms with Gasteiger partial charge < -0.3 is 9.84 Å². The quantitative estimate of drug-likeness (QED) is 0.390. The number of urea groups is 1. The largest absolute Gasteiger partial charge is 0.334 e. The number of rotatable bonds is 4. The van der Waals surface area contributed by atoms with Crippen LogP contribution in [0.3, 0.4) is 0 Å². The smallest absolute Gasteiger partial charge is 0.326 e. The van der Waals surface area contributed by atoms with Gasteiger partial charge in [0.1, 0.15) is 0 Å². The van der Waals surface area contributed by atoms with E-state index in [1.54, 1.807) is 4.90 Å². The number of hydrogen-bond acceptors (Lipinski definition) is 4. The zero-order valence-electron chi connectivity index (χ0n) is 19.8. The van der Waals surface area contributed by atoms with E-state index in [1.807, 2.05) is 74.5 Å². The van der Waals surface area contributed by atoms with Gasteiger partial charge in [-0.05, 0) is 68.0 Å². The summed E-state index contributed by atoms with van der Waals surface area (Å²) in [5, 5.41) is 7.47. The molecule has 4 aromatic rings. The molecule has 2 amide bonds. The van der Waals surface area contributed by atoms with Crippen LogP contribution in [0.5, 0.6) is 0 Å². The van der Waals surface area contributed by atoms with Crippen LogP contribution in [0.15, 0.2) is 83.0 Å². The molecule has 0 saturated heterocycles. The number of amides is 2. The van der Waals surface area contributed by atoms with Crippen molar-refractivity contribution in [3.8, 4) is 11.4 Å². The number of fused-ring (bicyclic) bond motifs is 1. The van der Waals surface area contributed by atoms with Gasteiger partial charge in [0, 0.05) is 11.3 Å². The predicted octanol–water partition coefficient (Wildman–Crippen LogP) is 6.24. The Bertz CT molecular complexity index is 1450. The van der Waals surface area contributed by atoms with Crippen LogP contribution in [0.2, 0.25) is 0 Å². The number of benzene rings is 3. The molecule has 1 atom stereocenters. The number of carbonyl (C=O) groups excluding carboxylic acids is 1. The molecule has 2 aliphatic rings. The summed E-state index contributed by atoms with van der Waals surface area (Å²) in [6.45, 7) is 3.99. The van der Waals surface area contributed by atoms with Crippen LogP contribution in [0.1, 0.15) is 47.5 Å². The van der Waals surface area contributed by atoms with Crippen molar-refractivity contribution < 1.29 is 9.32 Å². The number of allylic oxidation sites excluding steroid dienone is 1. The van der Waals surface area contributed by atoms with E-state index in [9.17, 15) is 4.79 Å². The number of aromatic nitrogens is 2. The van der Waals surface area contributed by atoms with Gasteiger partial charge in [-0.1, -0.05) is 65.3 Å². The zero-order valence-corrected chi connectivity index (χ0v) is 19.8. The second kappa shape index (κ2) is 8.55. The van der Waals surface area contributed by atoms with Crippen molar-refractivity contribution in [2.24, 2.45) is 0 Å². The van der Waals surface area contributed by atoms with Crippen LogP contribution >= 0.6 is 0 Å². The maximum absolute atomic E-state index is 13.4. The molecule has 1 aliphatic heterocycles. The van der Waals surface area contributed by atoms with E-state index in [0.29, 0.717) is 11.7 Å². The fourth-order valence-corrected chi connectivity index (χ4v) is 5.16. The molecule has 0 radical (unpaired) electrons. The number of nitrogens with one attached hydrogen (secondary N) is 1. The first-order chi connectivity index (χ1) is 17.1. The molecular weight excluding hydrogens is 436 g/mol. The standard InChI is InChI=1S/C29H26N4O2/c1-18-8-6-13-23(16-18)27-31-28(35-32-27)25-19(2)33(24-15-14-20-11-7-12-22(20)17-24)29(34)30-26(25)21-9-4-3-5-10-21/h3-6,8-10,13-17,26H,7,11-12H2,1-2H3,(H,30,34). The molecule has 3 aromatic carbocycles. The molecule has 0 bridgehead atoms. The molecule has 174 valence electrons. The zero-order chi connectivity index (χ0) is 23.9. The van der Waals surface area contributed by atoms with Gasteiger partial charge in [0.25, 0.3) is 5.89 Å². The van der Waals surface area contributed by atoms with Crippen LogP contribution in [0, 0.1) is 6.92 Å². The van der Waals surface area contributed by atoms with E-state index in [2.05, 4.69) is 22.6 Å². The monoisotopic (exact) mass is 462 g/mol. The summed E-state index contributed by atoms with van der Waals surface area (Å²) in [5.74, 6) is 0.927. The van der Waals surface area contributed by atoms with E-state index in [1.165, 1.54) is 11.1 Å². The molecule has 35 heavy (non-hydrogen) atoms. The second-order valence-corrected chi connectivity index (χ2v) is 9.23. The highest BCUT2D eigenvalue weighted by Crippen LogP contribution is 2.40. The van der Waals surface area contributed by atoms with E-state index in [4.69, 9.17) is 9.51 Å². The van der Waals surface area contributed by atoms with Crippen molar-refractivity contribution in [2.75, 3.05) is 4.90 Å². The Balaban J connectivity index is 1.49. The summed E-state index contributed by atoms with van der Waals surface area (Å²) in [7, 11) is 0. The fraction of sp³-hybridized carbons (Fsp3) is 0.207. The number of aryl methyl sites for hydroxylation is 3. The average Bonchev–Trinajstić information content (AvgIpc) is 3.54. The third kappa shape index (κ3) is 3.81. The first-order valence-corrected chi connectivity index (χ1v) is 12.0. The Labute approximate surface area is 204 Å². The van der Waals surface area contributed by atoms with Crippen molar-refractivity contribution in [3.63, 3.8) is 0 Å². The predicted molar refractivity (Wildman–Crippen MR) is 136 cm³/mol. The van der Waals surface area contributed by atoms with Crippen molar-refractivity contribution >= 4 is 17.3 Å². The van der Waals surface area contributed by atoms with E-state index < -0.39 is 6.04 Å². The first kappa shape index (κ1) is 21.4. The third-order valence-electron chi connectivity index (χ3n) is 6.89. The maximum Gasteiger partial charge on any atom is 0.326 e. The lowest BCUT2D eigenvalue weighted by atomic mass is 9.94. The molecule has 1 N–H and O–H groups in total.